The van der Waals surface area contributed by atoms with Crippen LogP contribution in [-0.2, 0) is 11.2 Å². The molecular formula is C13H21NO2. The molecule has 1 atom stereocenters. The highest BCUT2D eigenvalue weighted by atomic mass is 16.5. The zero-order valence-corrected chi connectivity index (χ0v) is 10.1. The summed E-state index contributed by atoms with van der Waals surface area (Å²) in [6.45, 7) is 6.57. The van der Waals surface area contributed by atoms with Crippen LogP contribution in [0.1, 0.15) is 19.4 Å². The number of rotatable bonds is 7. The van der Waals surface area contributed by atoms with Crippen molar-refractivity contribution in [1.29, 1.82) is 0 Å². The van der Waals surface area contributed by atoms with Gasteiger partial charge in [-0.1, -0.05) is 12.1 Å². The average molecular weight is 223 g/mol. The van der Waals surface area contributed by atoms with Crippen LogP contribution >= 0.6 is 0 Å². The lowest BCUT2D eigenvalue weighted by atomic mass is 10.1. The molecule has 16 heavy (non-hydrogen) atoms. The van der Waals surface area contributed by atoms with Crippen LogP contribution in [0.5, 0.6) is 5.75 Å². The fourth-order valence-corrected chi connectivity index (χ4v) is 1.48. The van der Waals surface area contributed by atoms with Gasteiger partial charge in [0.2, 0.25) is 0 Å². The van der Waals surface area contributed by atoms with E-state index in [0.717, 1.165) is 26.2 Å². The summed E-state index contributed by atoms with van der Waals surface area (Å²) in [4.78, 5) is 0. The van der Waals surface area contributed by atoms with Gasteiger partial charge >= 0.3 is 0 Å². The molecule has 90 valence electrons. The van der Waals surface area contributed by atoms with Gasteiger partial charge in [-0.15, -0.1) is 0 Å². The second-order valence-corrected chi connectivity index (χ2v) is 3.93. The standard InChI is InChI=1S/C13H21NO2/c1-3-16-10-11(2)14-9-8-12-4-6-13(15)7-5-12/h4-7,11,14-15H,3,8-10H2,1-2H3. The van der Waals surface area contributed by atoms with E-state index in [1.54, 1.807) is 12.1 Å². The minimum atomic E-state index is 0.321. The molecule has 1 rings (SSSR count). The number of ether oxygens (including phenoxy) is 1. The van der Waals surface area contributed by atoms with Gasteiger partial charge in [-0.2, -0.15) is 0 Å². The molecule has 0 aromatic heterocycles. The lowest BCUT2D eigenvalue weighted by Crippen LogP contribution is -2.32. The number of nitrogens with one attached hydrogen (secondary N) is 1. The van der Waals surface area contributed by atoms with Crippen LogP contribution in [0.2, 0.25) is 0 Å². The van der Waals surface area contributed by atoms with Gasteiger partial charge in [0.25, 0.3) is 0 Å². The van der Waals surface area contributed by atoms with E-state index >= 15 is 0 Å². The molecule has 0 amide bonds. The lowest BCUT2D eigenvalue weighted by Gasteiger charge is -2.13. The van der Waals surface area contributed by atoms with Crippen molar-refractivity contribution in [3.05, 3.63) is 29.8 Å². The van der Waals surface area contributed by atoms with Crippen molar-refractivity contribution in [1.82, 2.24) is 5.32 Å². The van der Waals surface area contributed by atoms with E-state index in [-0.39, 0.29) is 0 Å². The third-order valence-corrected chi connectivity index (χ3v) is 2.41. The van der Waals surface area contributed by atoms with Gasteiger partial charge in [-0.25, -0.2) is 0 Å². The second-order valence-electron chi connectivity index (χ2n) is 3.93. The van der Waals surface area contributed by atoms with E-state index in [0.29, 0.717) is 11.8 Å². The Kier molecular flexibility index (Phi) is 5.90. The smallest absolute Gasteiger partial charge is 0.115 e. The van der Waals surface area contributed by atoms with Gasteiger partial charge in [-0.3, -0.25) is 0 Å². The zero-order chi connectivity index (χ0) is 11.8. The van der Waals surface area contributed by atoms with E-state index in [4.69, 9.17) is 9.84 Å². The molecule has 0 aliphatic carbocycles. The average Bonchev–Trinajstić information content (AvgIpc) is 2.29. The molecule has 0 bridgehead atoms. The minimum Gasteiger partial charge on any atom is -0.508 e. The first-order chi connectivity index (χ1) is 7.72. The maximum absolute atomic E-state index is 9.14. The number of benzene rings is 1. The normalized spacial score (nSPS) is 12.6. The van der Waals surface area contributed by atoms with Crippen LogP contribution < -0.4 is 5.32 Å². The summed E-state index contributed by atoms with van der Waals surface area (Å²) in [7, 11) is 0. The van der Waals surface area contributed by atoms with Crippen LogP contribution in [0.4, 0.5) is 0 Å². The Balaban J connectivity index is 2.17. The molecule has 0 spiro atoms. The van der Waals surface area contributed by atoms with E-state index in [1.807, 2.05) is 19.1 Å². The van der Waals surface area contributed by atoms with E-state index in [2.05, 4.69) is 12.2 Å². The van der Waals surface area contributed by atoms with Crippen LogP contribution in [0.15, 0.2) is 24.3 Å². The maximum Gasteiger partial charge on any atom is 0.115 e. The summed E-state index contributed by atoms with van der Waals surface area (Å²) in [5.41, 5.74) is 1.23. The zero-order valence-electron chi connectivity index (χ0n) is 10.1. The van der Waals surface area contributed by atoms with E-state index in [9.17, 15) is 0 Å². The highest BCUT2D eigenvalue weighted by molar-refractivity contribution is 5.25. The monoisotopic (exact) mass is 223 g/mol. The number of hydrogen-bond donors (Lipinski definition) is 2. The first kappa shape index (κ1) is 13.0. The largest absolute Gasteiger partial charge is 0.508 e. The van der Waals surface area contributed by atoms with Crippen molar-refractivity contribution < 1.29 is 9.84 Å². The van der Waals surface area contributed by atoms with Crippen LogP contribution in [0.3, 0.4) is 0 Å². The molecule has 0 aliphatic rings. The highest BCUT2D eigenvalue weighted by Crippen LogP contribution is 2.09. The number of phenols is 1. The van der Waals surface area contributed by atoms with Crippen molar-refractivity contribution in [2.45, 2.75) is 26.3 Å². The summed E-state index contributed by atoms with van der Waals surface area (Å²) >= 11 is 0. The molecular weight excluding hydrogens is 202 g/mol. The van der Waals surface area contributed by atoms with Crippen LogP contribution in [0.25, 0.3) is 0 Å². The first-order valence-corrected chi connectivity index (χ1v) is 5.81. The number of hydrogen-bond acceptors (Lipinski definition) is 3. The highest BCUT2D eigenvalue weighted by Gasteiger charge is 2.00. The first-order valence-electron chi connectivity index (χ1n) is 5.81. The lowest BCUT2D eigenvalue weighted by molar-refractivity contribution is 0.127. The SMILES string of the molecule is CCOCC(C)NCCc1ccc(O)cc1. The van der Waals surface area contributed by atoms with Crippen molar-refractivity contribution in [3.8, 4) is 5.75 Å². The fourth-order valence-electron chi connectivity index (χ4n) is 1.48. The van der Waals surface area contributed by atoms with Crippen molar-refractivity contribution in [2.75, 3.05) is 19.8 Å². The summed E-state index contributed by atoms with van der Waals surface area (Å²) in [6, 6.07) is 7.73. The van der Waals surface area contributed by atoms with Gasteiger partial charge in [0.05, 0.1) is 6.61 Å². The molecule has 0 aliphatic heterocycles. The Bertz CT molecular complexity index is 284. The van der Waals surface area contributed by atoms with Gasteiger partial charge in [-0.05, 0) is 44.5 Å². The predicted octanol–water partition coefficient (Wildman–Crippen LogP) is 1.95. The molecule has 0 fully saturated rings. The molecule has 1 unspecified atom stereocenters. The number of phenolic OH excluding ortho intramolecular Hbond substituents is 1. The Morgan fingerprint density at radius 1 is 1.31 bits per heavy atom. The van der Waals surface area contributed by atoms with Crippen LogP contribution in [0, 0.1) is 0 Å². The Labute approximate surface area is 97.4 Å². The molecule has 0 saturated carbocycles. The van der Waals surface area contributed by atoms with E-state index in [1.165, 1.54) is 5.56 Å². The fraction of sp³-hybridized carbons (Fsp3) is 0.538. The minimum absolute atomic E-state index is 0.321. The summed E-state index contributed by atoms with van der Waals surface area (Å²) in [5, 5.41) is 12.5. The molecule has 1 aromatic rings. The van der Waals surface area contributed by atoms with Crippen molar-refractivity contribution in [3.63, 3.8) is 0 Å². The van der Waals surface area contributed by atoms with Crippen LogP contribution in [-0.4, -0.2) is 30.9 Å². The summed E-state index contributed by atoms with van der Waals surface area (Å²) in [6.07, 6.45) is 0.969. The van der Waals surface area contributed by atoms with E-state index < -0.39 is 0 Å². The van der Waals surface area contributed by atoms with Crippen molar-refractivity contribution in [2.24, 2.45) is 0 Å². The van der Waals surface area contributed by atoms with Gasteiger partial charge in [0, 0.05) is 12.6 Å². The third-order valence-electron chi connectivity index (χ3n) is 2.41. The summed E-state index contributed by atoms with van der Waals surface area (Å²) in [5.74, 6) is 0.321. The number of aromatic hydroxyl groups is 1. The van der Waals surface area contributed by atoms with Crippen molar-refractivity contribution >= 4 is 0 Å². The Hall–Kier alpha value is -1.06. The summed E-state index contributed by atoms with van der Waals surface area (Å²) < 4.78 is 5.32. The molecule has 3 heteroatoms. The molecule has 0 heterocycles. The van der Waals surface area contributed by atoms with Gasteiger partial charge in [0.1, 0.15) is 5.75 Å². The third kappa shape index (κ3) is 5.14. The maximum atomic E-state index is 9.14. The Morgan fingerprint density at radius 3 is 2.62 bits per heavy atom. The second kappa shape index (κ2) is 7.25. The molecule has 0 saturated heterocycles. The quantitative estimate of drug-likeness (QED) is 0.742. The molecule has 2 N–H and O–H groups in total. The predicted molar refractivity (Wildman–Crippen MR) is 65.8 cm³/mol. The molecule has 1 aromatic carbocycles. The van der Waals surface area contributed by atoms with Gasteiger partial charge in [0.15, 0.2) is 0 Å². The van der Waals surface area contributed by atoms with Gasteiger partial charge < -0.3 is 15.2 Å². The molecule has 3 nitrogen and oxygen atoms in total. The molecule has 0 radical (unpaired) electrons. The topological polar surface area (TPSA) is 41.5 Å². The Morgan fingerprint density at radius 2 is 2.00 bits per heavy atom.